The average molecular weight is 452 g/mol. The van der Waals surface area contributed by atoms with Crippen LogP contribution in [0, 0.1) is 13.8 Å². The number of anilines is 1. The minimum absolute atomic E-state index is 0.200. The van der Waals surface area contributed by atoms with Gasteiger partial charge in [0.25, 0.3) is 5.91 Å². The molecule has 0 unspecified atom stereocenters. The van der Waals surface area contributed by atoms with Crippen molar-refractivity contribution in [1.29, 1.82) is 0 Å². The van der Waals surface area contributed by atoms with E-state index in [0.717, 1.165) is 26.2 Å². The Bertz CT molecular complexity index is 907. The molecule has 0 atom stereocenters. The van der Waals surface area contributed by atoms with Crippen molar-refractivity contribution in [3.63, 3.8) is 0 Å². The molecule has 0 spiro atoms. The zero-order valence-corrected chi connectivity index (χ0v) is 16.6. The van der Waals surface area contributed by atoms with E-state index in [1.807, 2.05) is 55.8 Å². The number of amides is 1. The zero-order valence-electron chi connectivity index (χ0n) is 13.5. The van der Waals surface area contributed by atoms with Crippen molar-refractivity contribution in [3.05, 3.63) is 62.4 Å². The molecule has 0 aliphatic heterocycles. The summed E-state index contributed by atoms with van der Waals surface area (Å²) in [5.74, 6) is 0.550. The quantitative estimate of drug-likeness (QED) is 0.632. The molecule has 0 radical (unpaired) electrons. The molecule has 0 saturated carbocycles. The highest BCUT2D eigenvalue weighted by Crippen LogP contribution is 2.27. The van der Waals surface area contributed by atoms with Gasteiger partial charge in [0, 0.05) is 27.4 Å². The third kappa shape index (κ3) is 3.06. The van der Waals surface area contributed by atoms with Gasteiger partial charge in [-0.1, -0.05) is 15.9 Å². The molecule has 1 amide bonds. The van der Waals surface area contributed by atoms with Crippen LogP contribution >= 0.6 is 31.9 Å². The molecule has 0 aliphatic rings. The highest BCUT2D eigenvalue weighted by molar-refractivity contribution is 9.11. The van der Waals surface area contributed by atoms with Gasteiger partial charge in [0.2, 0.25) is 0 Å². The van der Waals surface area contributed by atoms with E-state index in [-0.39, 0.29) is 5.91 Å². The highest BCUT2D eigenvalue weighted by atomic mass is 79.9. The van der Waals surface area contributed by atoms with Crippen LogP contribution in [0.5, 0.6) is 0 Å². The fraction of sp³-hybridized carbons (Fsp3) is 0.176. The largest absolute Gasteiger partial charge is 0.321 e. The maximum Gasteiger partial charge on any atom is 0.261 e. The second-order valence-corrected chi connectivity index (χ2v) is 7.31. The molecule has 2 heterocycles. The number of halogens is 2. The Morgan fingerprint density at radius 2 is 1.79 bits per heavy atom. The first-order valence-corrected chi connectivity index (χ1v) is 8.91. The molecule has 124 valence electrons. The van der Waals surface area contributed by atoms with Crippen LogP contribution in [0.1, 0.15) is 21.7 Å². The summed E-state index contributed by atoms with van der Waals surface area (Å²) in [6.07, 6.45) is 1.59. The van der Waals surface area contributed by atoms with E-state index in [1.165, 1.54) is 0 Å². The van der Waals surface area contributed by atoms with Crippen LogP contribution in [0.4, 0.5) is 5.69 Å². The van der Waals surface area contributed by atoms with Gasteiger partial charge in [0.15, 0.2) is 0 Å². The van der Waals surface area contributed by atoms with E-state index >= 15 is 0 Å². The Labute approximate surface area is 156 Å². The minimum atomic E-state index is -0.200. The van der Waals surface area contributed by atoms with E-state index in [2.05, 4.69) is 42.3 Å². The smallest absolute Gasteiger partial charge is 0.261 e. The number of rotatable bonds is 3. The van der Waals surface area contributed by atoms with Crippen LogP contribution in [0.15, 0.2) is 45.5 Å². The summed E-state index contributed by atoms with van der Waals surface area (Å²) in [6.45, 7) is 4.01. The minimum Gasteiger partial charge on any atom is -0.321 e. The molecule has 0 aliphatic carbocycles. The van der Waals surface area contributed by atoms with E-state index in [0.29, 0.717) is 11.3 Å². The van der Waals surface area contributed by atoms with Crippen molar-refractivity contribution in [2.45, 2.75) is 13.8 Å². The van der Waals surface area contributed by atoms with E-state index in [1.54, 1.807) is 10.9 Å². The molecule has 0 bridgehead atoms. The Morgan fingerprint density at radius 1 is 1.12 bits per heavy atom. The number of hydrogen-bond donors (Lipinski definition) is 1. The summed E-state index contributed by atoms with van der Waals surface area (Å²) in [7, 11) is 1.83. The molecule has 24 heavy (non-hydrogen) atoms. The van der Waals surface area contributed by atoms with Gasteiger partial charge in [-0.15, -0.1) is 0 Å². The predicted molar refractivity (Wildman–Crippen MR) is 102 cm³/mol. The first-order chi connectivity index (χ1) is 11.4. The number of carbonyl (C=O) groups is 1. The zero-order chi connectivity index (χ0) is 17.4. The summed E-state index contributed by atoms with van der Waals surface area (Å²) in [4.78, 5) is 12.8. The topological polar surface area (TPSA) is 51.9 Å². The summed E-state index contributed by atoms with van der Waals surface area (Å²) in [5.41, 5.74) is 3.33. The molecule has 0 fully saturated rings. The van der Waals surface area contributed by atoms with Gasteiger partial charge in [-0.3, -0.25) is 9.48 Å². The third-order valence-corrected chi connectivity index (χ3v) is 4.96. The Hall–Kier alpha value is -1.86. The number of nitrogens with one attached hydrogen (secondary N) is 1. The Balaban J connectivity index is 2.00. The second-order valence-electron chi connectivity index (χ2n) is 5.54. The van der Waals surface area contributed by atoms with Crippen LogP contribution in [-0.2, 0) is 7.05 Å². The summed E-state index contributed by atoms with van der Waals surface area (Å²) in [6, 6.07) is 9.66. The van der Waals surface area contributed by atoms with Crippen molar-refractivity contribution in [3.8, 4) is 5.82 Å². The monoisotopic (exact) mass is 450 g/mol. The fourth-order valence-electron chi connectivity index (χ4n) is 2.64. The van der Waals surface area contributed by atoms with Gasteiger partial charge in [-0.05, 0) is 60.1 Å². The maximum absolute atomic E-state index is 12.8. The molecular formula is C17H16Br2N4O. The molecule has 0 saturated heterocycles. The van der Waals surface area contributed by atoms with Crippen LogP contribution in [0.2, 0.25) is 0 Å². The number of aryl methyl sites for hydroxylation is 3. The van der Waals surface area contributed by atoms with Gasteiger partial charge in [-0.2, -0.15) is 5.10 Å². The summed E-state index contributed by atoms with van der Waals surface area (Å²) >= 11 is 6.87. The van der Waals surface area contributed by atoms with Crippen LogP contribution in [-0.4, -0.2) is 20.3 Å². The lowest BCUT2D eigenvalue weighted by Gasteiger charge is -2.13. The number of nitrogens with zero attached hydrogens (tertiary/aromatic N) is 3. The molecule has 3 aromatic rings. The van der Waals surface area contributed by atoms with Gasteiger partial charge in [-0.25, -0.2) is 0 Å². The Kier molecular flexibility index (Phi) is 4.64. The first-order valence-electron chi connectivity index (χ1n) is 7.32. The Morgan fingerprint density at radius 3 is 2.42 bits per heavy atom. The van der Waals surface area contributed by atoms with Crippen LogP contribution in [0.3, 0.4) is 0 Å². The van der Waals surface area contributed by atoms with E-state index < -0.39 is 0 Å². The lowest BCUT2D eigenvalue weighted by atomic mass is 10.2. The average Bonchev–Trinajstić information content (AvgIpc) is 3.05. The van der Waals surface area contributed by atoms with Gasteiger partial charge in [0.05, 0.1) is 11.9 Å². The third-order valence-electron chi connectivity index (χ3n) is 3.81. The molecule has 3 rings (SSSR count). The summed E-state index contributed by atoms with van der Waals surface area (Å²) in [5, 5.41) is 7.20. The standard InChI is InChI=1S/C17H16Br2N4O/c1-10-4-5-11(2)23(10)17-13(9-20-22(17)3)16(24)21-15-7-6-12(18)8-14(15)19/h4-9H,1-3H3,(H,21,24). The molecule has 2 aromatic heterocycles. The van der Waals surface area contributed by atoms with Crippen molar-refractivity contribution in [2.75, 3.05) is 5.32 Å². The highest BCUT2D eigenvalue weighted by Gasteiger charge is 2.20. The molecule has 7 heteroatoms. The van der Waals surface area contributed by atoms with Crippen molar-refractivity contribution < 1.29 is 4.79 Å². The first kappa shape index (κ1) is 17.0. The number of hydrogen-bond acceptors (Lipinski definition) is 2. The van der Waals surface area contributed by atoms with Gasteiger partial charge in [0.1, 0.15) is 11.4 Å². The van der Waals surface area contributed by atoms with E-state index in [4.69, 9.17) is 0 Å². The number of benzene rings is 1. The van der Waals surface area contributed by atoms with Crippen molar-refractivity contribution >= 4 is 43.5 Å². The van der Waals surface area contributed by atoms with Crippen molar-refractivity contribution in [2.24, 2.45) is 7.05 Å². The molecule has 1 aromatic carbocycles. The lowest BCUT2D eigenvalue weighted by molar-refractivity contribution is 0.102. The molecule has 1 N–H and O–H groups in total. The number of carbonyl (C=O) groups excluding carboxylic acids is 1. The lowest BCUT2D eigenvalue weighted by Crippen LogP contribution is -2.16. The molecular weight excluding hydrogens is 436 g/mol. The van der Waals surface area contributed by atoms with Crippen LogP contribution in [0.25, 0.3) is 5.82 Å². The SMILES string of the molecule is Cc1ccc(C)n1-c1c(C(=O)Nc2ccc(Br)cc2Br)cnn1C. The maximum atomic E-state index is 12.8. The van der Waals surface area contributed by atoms with Crippen molar-refractivity contribution in [1.82, 2.24) is 14.3 Å². The van der Waals surface area contributed by atoms with Gasteiger partial charge >= 0.3 is 0 Å². The normalized spacial score (nSPS) is 10.9. The second kappa shape index (κ2) is 6.57. The van der Waals surface area contributed by atoms with Crippen LogP contribution < -0.4 is 5.32 Å². The fourth-order valence-corrected chi connectivity index (χ4v) is 3.79. The van der Waals surface area contributed by atoms with E-state index in [9.17, 15) is 4.79 Å². The van der Waals surface area contributed by atoms with Gasteiger partial charge < -0.3 is 9.88 Å². The number of aromatic nitrogens is 3. The molecule has 5 nitrogen and oxygen atoms in total. The summed E-state index contributed by atoms with van der Waals surface area (Å²) < 4.78 is 5.49. The predicted octanol–water partition coefficient (Wildman–Crippen LogP) is 4.60.